The van der Waals surface area contributed by atoms with Crippen LogP contribution in [0.5, 0.6) is 0 Å². The number of hydrogen-bond acceptors (Lipinski definition) is 2. The number of likely N-dealkylation sites (tertiary alicyclic amines) is 2. The highest BCUT2D eigenvalue weighted by atomic mass is 16.2. The summed E-state index contributed by atoms with van der Waals surface area (Å²) in [6.45, 7) is 9.17. The summed E-state index contributed by atoms with van der Waals surface area (Å²) in [5.41, 5.74) is 2.91. The molecule has 0 unspecified atom stereocenters. The van der Waals surface area contributed by atoms with Crippen molar-refractivity contribution < 1.29 is 4.79 Å². The fraction of sp³-hybridized carbons (Fsp3) is 0.571. The van der Waals surface area contributed by atoms with Crippen LogP contribution in [0.3, 0.4) is 0 Å². The van der Waals surface area contributed by atoms with Crippen molar-refractivity contribution in [3.05, 3.63) is 42.0 Å². The van der Waals surface area contributed by atoms with Gasteiger partial charge in [-0.15, -0.1) is 0 Å². The van der Waals surface area contributed by atoms with Crippen molar-refractivity contribution in [1.29, 1.82) is 0 Å². The number of piperidine rings is 1. The summed E-state index contributed by atoms with van der Waals surface area (Å²) in [7, 11) is 0. The van der Waals surface area contributed by atoms with E-state index in [1.54, 1.807) is 0 Å². The zero-order valence-corrected chi connectivity index (χ0v) is 14.5. The number of hydrogen-bond donors (Lipinski definition) is 0. The van der Waals surface area contributed by atoms with Crippen molar-refractivity contribution in [3.63, 3.8) is 0 Å². The van der Waals surface area contributed by atoms with E-state index < -0.39 is 0 Å². The molecule has 3 aliphatic rings. The monoisotopic (exact) mass is 324 g/mol. The predicted octanol–water partition coefficient (Wildman–Crippen LogP) is 3.55. The lowest BCUT2D eigenvalue weighted by Gasteiger charge is -2.40. The molecule has 4 rings (SSSR count). The molecule has 1 amide bonds. The van der Waals surface area contributed by atoms with E-state index in [1.165, 1.54) is 36.9 Å². The predicted molar refractivity (Wildman–Crippen MR) is 97.4 cm³/mol. The van der Waals surface area contributed by atoms with Gasteiger partial charge in [0.2, 0.25) is 5.91 Å². The summed E-state index contributed by atoms with van der Waals surface area (Å²) >= 11 is 0. The van der Waals surface area contributed by atoms with E-state index in [0.717, 1.165) is 39.0 Å². The molecular formula is C21H28N2O. The van der Waals surface area contributed by atoms with E-state index in [4.69, 9.17) is 0 Å². The van der Waals surface area contributed by atoms with Crippen LogP contribution in [0.1, 0.15) is 43.2 Å². The van der Waals surface area contributed by atoms with Crippen molar-refractivity contribution in [2.24, 2.45) is 11.3 Å². The lowest BCUT2D eigenvalue weighted by atomic mass is 9.79. The smallest absolute Gasteiger partial charge is 0.225 e. The first kappa shape index (κ1) is 15.9. The van der Waals surface area contributed by atoms with Gasteiger partial charge in [-0.1, -0.05) is 36.9 Å². The molecule has 3 fully saturated rings. The fourth-order valence-corrected chi connectivity index (χ4v) is 4.57. The summed E-state index contributed by atoms with van der Waals surface area (Å²) in [5, 5.41) is 0. The SMILES string of the molecule is C=Cc1cccc(CN2CCC[C@@]3(CCN(C(=O)C4CC4)C3)C2)c1. The Labute approximate surface area is 145 Å². The third kappa shape index (κ3) is 3.27. The third-order valence-electron chi connectivity index (χ3n) is 6.01. The minimum absolute atomic E-state index is 0.346. The van der Waals surface area contributed by atoms with Gasteiger partial charge in [0.1, 0.15) is 0 Å². The van der Waals surface area contributed by atoms with Crippen molar-refractivity contribution >= 4 is 12.0 Å². The zero-order valence-electron chi connectivity index (χ0n) is 14.5. The molecule has 3 heteroatoms. The first-order valence-corrected chi connectivity index (χ1v) is 9.40. The van der Waals surface area contributed by atoms with Crippen LogP contribution in [0.15, 0.2) is 30.8 Å². The molecule has 2 heterocycles. The minimum atomic E-state index is 0.346. The van der Waals surface area contributed by atoms with Crippen molar-refractivity contribution in [3.8, 4) is 0 Å². The highest BCUT2D eigenvalue weighted by Gasteiger charge is 2.45. The Morgan fingerprint density at radius 2 is 2.12 bits per heavy atom. The number of nitrogens with zero attached hydrogens (tertiary/aromatic N) is 2. The molecular weight excluding hydrogens is 296 g/mol. The Morgan fingerprint density at radius 3 is 2.92 bits per heavy atom. The van der Waals surface area contributed by atoms with Gasteiger partial charge < -0.3 is 4.90 Å². The third-order valence-corrected chi connectivity index (χ3v) is 6.01. The summed E-state index contributed by atoms with van der Waals surface area (Å²) in [5.74, 6) is 0.796. The molecule has 0 aromatic heterocycles. The Kier molecular flexibility index (Phi) is 4.21. The second kappa shape index (κ2) is 6.36. The molecule has 3 nitrogen and oxygen atoms in total. The maximum absolute atomic E-state index is 12.4. The summed E-state index contributed by atoms with van der Waals surface area (Å²) in [6.07, 6.45) is 7.88. The Bertz CT molecular complexity index is 636. The van der Waals surface area contributed by atoms with E-state index in [2.05, 4.69) is 40.6 Å². The molecule has 1 atom stereocenters. The maximum Gasteiger partial charge on any atom is 0.225 e. The topological polar surface area (TPSA) is 23.6 Å². The highest BCUT2D eigenvalue weighted by molar-refractivity contribution is 5.81. The average Bonchev–Trinajstić information content (AvgIpc) is 3.37. The van der Waals surface area contributed by atoms with E-state index in [0.29, 0.717) is 17.2 Å². The van der Waals surface area contributed by atoms with Gasteiger partial charge in [0.05, 0.1) is 0 Å². The van der Waals surface area contributed by atoms with E-state index in [9.17, 15) is 4.79 Å². The van der Waals surface area contributed by atoms with Crippen LogP contribution in [0, 0.1) is 11.3 Å². The average molecular weight is 324 g/mol. The van der Waals surface area contributed by atoms with Crippen LogP contribution in [0.4, 0.5) is 0 Å². The van der Waals surface area contributed by atoms with Gasteiger partial charge in [0.25, 0.3) is 0 Å². The summed E-state index contributed by atoms with van der Waals surface area (Å²) in [6, 6.07) is 8.68. The molecule has 1 aliphatic carbocycles. The quantitative estimate of drug-likeness (QED) is 0.845. The first-order chi connectivity index (χ1) is 11.7. The molecule has 2 saturated heterocycles. The number of carbonyl (C=O) groups is 1. The van der Waals surface area contributed by atoms with Gasteiger partial charge in [-0.2, -0.15) is 0 Å². The normalized spacial score (nSPS) is 27.6. The molecule has 0 N–H and O–H groups in total. The van der Waals surface area contributed by atoms with Crippen LogP contribution in [0.2, 0.25) is 0 Å². The van der Waals surface area contributed by atoms with Crippen LogP contribution in [-0.2, 0) is 11.3 Å². The molecule has 2 aliphatic heterocycles. The Morgan fingerprint density at radius 1 is 1.25 bits per heavy atom. The number of rotatable bonds is 4. The van der Waals surface area contributed by atoms with Gasteiger partial charge in [-0.25, -0.2) is 0 Å². The summed E-state index contributed by atoms with van der Waals surface area (Å²) < 4.78 is 0. The Hall–Kier alpha value is -1.61. The largest absolute Gasteiger partial charge is 0.342 e. The minimum Gasteiger partial charge on any atom is -0.342 e. The summed E-state index contributed by atoms with van der Waals surface area (Å²) in [4.78, 5) is 17.1. The molecule has 0 bridgehead atoms. The van der Waals surface area contributed by atoms with Crippen LogP contribution >= 0.6 is 0 Å². The molecule has 1 aromatic carbocycles. The lowest BCUT2D eigenvalue weighted by molar-refractivity contribution is -0.132. The molecule has 24 heavy (non-hydrogen) atoms. The van der Waals surface area contributed by atoms with Gasteiger partial charge in [0.15, 0.2) is 0 Å². The second-order valence-corrected chi connectivity index (χ2v) is 8.05. The van der Waals surface area contributed by atoms with E-state index in [-0.39, 0.29) is 0 Å². The number of carbonyl (C=O) groups excluding carboxylic acids is 1. The lowest BCUT2D eigenvalue weighted by Crippen LogP contribution is -2.45. The molecule has 1 aromatic rings. The standard InChI is InChI=1S/C21H28N2O/c1-2-17-5-3-6-18(13-17)14-22-11-4-9-21(15-22)10-12-23(16-21)20(24)19-7-8-19/h2-3,5-6,13,19H,1,4,7-12,14-16H2/t21-/m1/s1. The van der Waals surface area contributed by atoms with E-state index >= 15 is 0 Å². The number of amides is 1. The highest BCUT2D eigenvalue weighted by Crippen LogP contribution is 2.41. The molecule has 128 valence electrons. The van der Waals surface area contributed by atoms with E-state index in [1.807, 2.05) is 6.08 Å². The molecule has 1 saturated carbocycles. The molecule has 1 spiro atoms. The van der Waals surface area contributed by atoms with Crippen LogP contribution in [-0.4, -0.2) is 41.9 Å². The van der Waals surface area contributed by atoms with Gasteiger partial charge in [0, 0.05) is 37.5 Å². The Balaban J connectivity index is 1.40. The zero-order chi connectivity index (χ0) is 16.6. The van der Waals surface area contributed by atoms with Gasteiger partial charge in [-0.05, 0) is 49.8 Å². The van der Waals surface area contributed by atoms with Crippen LogP contribution < -0.4 is 0 Å². The molecule has 0 radical (unpaired) electrons. The van der Waals surface area contributed by atoms with Crippen molar-refractivity contribution in [2.75, 3.05) is 26.2 Å². The van der Waals surface area contributed by atoms with Crippen molar-refractivity contribution in [1.82, 2.24) is 9.80 Å². The maximum atomic E-state index is 12.4. The van der Waals surface area contributed by atoms with Gasteiger partial charge in [-0.3, -0.25) is 9.69 Å². The first-order valence-electron chi connectivity index (χ1n) is 9.40. The van der Waals surface area contributed by atoms with Crippen LogP contribution in [0.25, 0.3) is 6.08 Å². The van der Waals surface area contributed by atoms with Crippen molar-refractivity contribution in [2.45, 2.75) is 38.6 Å². The fourth-order valence-electron chi connectivity index (χ4n) is 4.57. The van der Waals surface area contributed by atoms with Gasteiger partial charge >= 0.3 is 0 Å². The second-order valence-electron chi connectivity index (χ2n) is 8.05. The number of benzene rings is 1.